The number of fused-ring (bicyclic) bond motifs is 1. The van der Waals surface area contributed by atoms with Crippen molar-refractivity contribution in [2.75, 3.05) is 26.0 Å². The van der Waals surface area contributed by atoms with Crippen LogP contribution in [0.2, 0.25) is 5.02 Å². The number of anilines is 1. The van der Waals surface area contributed by atoms with Crippen LogP contribution in [-0.4, -0.2) is 48.1 Å². The summed E-state index contributed by atoms with van der Waals surface area (Å²) in [7, 11) is 4.20. The van der Waals surface area contributed by atoms with Crippen LogP contribution in [0, 0.1) is 0 Å². The molecule has 27 heavy (non-hydrogen) atoms. The van der Waals surface area contributed by atoms with Crippen molar-refractivity contribution in [3.8, 4) is 0 Å². The summed E-state index contributed by atoms with van der Waals surface area (Å²) in [5.41, 5.74) is 0.747. The van der Waals surface area contributed by atoms with Gasteiger partial charge in [-0.3, -0.25) is 9.59 Å². The second-order valence-electron chi connectivity index (χ2n) is 7.75. The minimum absolute atomic E-state index is 0.0253. The number of hydrogen-bond acceptors (Lipinski definition) is 4. The number of halogens is 1. The molecule has 0 aromatic heterocycles. The van der Waals surface area contributed by atoms with Crippen LogP contribution in [0.5, 0.6) is 0 Å². The zero-order valence-corrected chi connectivity index (χ0v) is 17.6. The number of nitrogens with zero attached hydrogens (tertiary/aromatic N) is 1. The summed E-state index contributed by atoms with van der Waals surface area (Å²) in [5, 5.41) is 6.14. The van der Waals surface area contributed by atoms with Gasteiger partial charge in [0.1, 0.15) is 0 Å². The number of likely N-dealkylation sites (N-methyl/N-ethyl adjacent to an activating group) is 1. The molecule has 0 unspecified atom stereocenters. The molecule has 0 radical (unpaired) electrons. The number of carbonyl (C=O) groups is 2. The Kier molecular flexibility index (Phi) is 6.71. The van der Waals surface area contributed by atoms with Crippen LogP contribution in [0.25, 0.3) is 0 Å². The maximum absolute atomic E-state index is 12.6. The summed E-state index contributed by atoms with van der Waals surface area (Å²) in [6, 6.07) is 5.43. The van der Waals surface area contributed by atoms with E-state index in [1.165, 1.54) is 37.4 Å². The van der Waals surface area contributed by atoms with Crippen LogP contribution in [0.15, 0.2) is 23.1 Å². The Labute approximate surface area is 170 Å². The molecule has 1 atom stereocenters. The molecule has 2 aliphatic rings. The Hall–Kier alpha value is -1.24. The van der Waals surface area contributed by atoms with Crippen LogP contribution in [0.3, 0.4) is 0 Å². The Morgan fingerprint density at radius 1 is 1.30 bits per heavy atom. The fourth-order valence-electron chi connectivity index (χ4n) is 3.93. The fourth-order valence-corrected chi connectivity index (χ4v) is 5.19. The number of nitrogens with one attached hydrogen (secondary N) is 2. The van der Waals surface area contributed by atoms with Crippen LogP contribution in [0.4, 0.5) is 5.69 Å². The number of hydrogen-bond donors (Lipinski definition) is 2. The molecule has 148 valence electrons. The Morgan fingerprint density at radius 2 is 2.00 bits per heavy atom. The molecule has 5 nitrogen and oxygen atoms in total. The van der Waals surface area contributed by atoms with E-state index in [-0.39, 0.29) is 23.8 Å². The Bertz CT molecular complexity index is 702. The molecular weight excluding hydrogens is 382 g/mol. The average Bonchev–Trinajstić information content (AvgIpc) is 2.87. The van der Waals surface area contributed by atoms with Gasteiger partial charge in [0.05, 0.1) is 10.9 Å². The SMILES string of the molecule is CN(C)C1(CNC(=O)C[C@H]2Sc3ccc(Cl)cc3NC2=O)CCCCCC1. The fraction of sp³-hybridized carbons (Fsp3) is 0.600. The molecule has 0 bridgehead atoms. The van der Waals surface area contributed by atoms with Gasteiger partial charge in [-0.15, -0.1) is 11.8 Å². The molecule has 2 N–H and O–H groups in total. The van der Waals surface area contributed by atoms with Gasteiger partial charge in [0.15, 0.2) is 0 Å². The van der Waals surface area contributed by atoms with E-state index in [1.807, 2.05) is 6.07 Å². The largest absolute Gasteiger partial charge is 0.354 e. The first-order valence-electron chi connectivity index (χ1n) is 9.61. The topological polar surface area (TPSA) is 61.4 Å². The lowest BCUT2D eigenvalue weighted by Gasteiger charge is -2.39. The van der Waals surface area contributed by atoms with E-state index < -0.39 is 5.25 Å². The van der Waals surface area contributed by atoms with Gasteiger partial charge in [-0.25, -0.2) is 0 Å². The third-order valence-corrected chi connectivity index (χ3v) is 7.24. The first kappa shape index (κ1) is 20.5. The van der Waals surface area contributed by atoms with Crippen molar-refractivity contribution in [1.29, 1.82) is 0 Å². The molecule has 0 saturated heterocycles. The average molecular weight is 410 g/mol. The Morgan fingerprint density at radius 3 is 2.67 bits per heavy atom. The van der Waals surface area contributed by atoms with E-state index in [0.717, 1.165) is 23.4 Å². The summed E-state index contributed by atoms with van der Waals surface area (Å²) in [6.45, 7) is 0.643. The summed E-state index contributed by atoms with van der Waals surface area (Å²) in [5.74, 6) is -0.202. The van der Waals surface area contributed by atoms with E-state index in [1.54, 1.807) is 12.1 Å². The molecule has 3 rings (SSSR count). The van der Waals surface area contributed by atoms with Crippen molar-refractivity contribution in [3.63, 3.8) is 0 Å². The molecule has 1 aromatic rings. The molecule has 1 aromatic carbocycles. The zero-order chi connectivity index (χ0) is 19.4. The van der Waals surface area contributed by atoms with Crippen molar-refractivity contribution < 1.29 is 9.59 Å². The van der Waals surface area contributed by atoms with E-state index in [0.29, 0.717) is 11.6 Å². The summed E-state index contributed by atoms with van der Waals surface area (Å²) in [6.07, 6.45) is 7.34. The number of benzene rings is 1. The number of rotatable bonds is 5. The maximum Gasteiger partial charge on any atom is 0.238 e. The van der Waals surface area contributed by atoms with Gasteiger partial charge in [0.25, 0.3) is 0 Å². The van der Waals surface area contributed by atoms with Crippen LogP contribution >= 0.6 is 23.4 Å². The zero-order valence-electron chi connectivity index (χ0n) is 16.0. The number of carbonyl (C=O) groups excluding carboxylic acids is 2. The monoisotopic (exact) mass is 409 g/mol. The lowest BCUT2D eigenvalue weighted by atomic mass is 9.88. The van der Waals surface area contributed by atoms with Gasteiger partial charge in [0.2, 0.25) is 11.8 Å². The molecule has 1 aliphatic heterocycles. The van der Waals surface area contributed by atoms with E-state index in [4.69, 9.17) is 11.6 Å². The van der Waals surface area contributed by atoms with Crippen LogP contribution in [-0.2, 0) is 9.59 Å². The highest BCUT2D eigenvalue weighted by atomic mass is 35.5. The van der Waals surface area contributed by atoms with Gasteiger partial charge in [0, 0.05) is 28.4 Å². The third-order valence-electron chi connectivity index (χ3n) is 5.73. The predicted molar refractivity (Wildman–Crippen MR) is 111 cm³/mol. The van der Waals surface area contributed by atoms with E-state index >= 15 is 0 Å². The van der Waals surface area contributed by atoms with Gasteiger partial charge < -0.3 is 15.5 Å². The quantitative estimate of drug-likeness (QED) is 0.723. The second kappa shape index (κ2) is 8.84. The molecular formula is C20H28ClN3O2S. The highest BCUT2D eigenvalue weighted by Gasteiger charge is 2.34. The predicted octanol–water partition coefficient (Wildman–Crippen LogP) is 3.91. The molecule has 7 heteroatoms. The molecule has 1 fully saturated rings. The minimum Gasteiger partial charge on any atom is -0.354 e. The molecule has 1 saturated carbocycles. The molecule has 1 aliphatic carbocycles. The van der Waals surface area contributed by atoms with E-state index in [2.05, 4.69) is 29.6 Å². The highest BCUT2D eigenvalue weighted by molar-refractivity contribution is 8.01. The standard InChI is InChI=1S/C20H28ClN3O2S/c1-24(2)20(9-5-3-4-6-10-20)13-22-18(25)12-17-19(26)23-15-11-14(21)7-8-16(15)27-17/h7-8,11,17H,3-6,9-10,12-13H2,1-2H3,(H,22,25)(H,23,26)/t17-/m1/s1. The minimum atomic E-state index is -0.414. The van der Waals surface area contributed by atoms with Gasteiger partial charge >= 0.3 is 0 Å². The lowest BCUT2D eigenvalue weighted by Crippen LogP contribution is -2.52. The third kappa shape index (κ3) is 4.98. The molecule has 0 spiro atoms. The highest BCUT2D eigenvalue weighted by Crippen LogP contribution is 2.38. The number of thioether (sulfide) groups is 1. The van der Waals surface area contributed by atoms with Crippen molar-refractivity contribution in [2.24, 2.45) is 0 Å². The molecule has 2 amide bonds. The van der Waals surface area contributed by atoms with Crippen LogP contribution in [0.1, 0.15) is 44.9 Å². The van der Waals surface area contributed by atoms with Crippen LogP contribution < -0.4 is 10.6 Å². The van der Waals surface area contributed by atoms with Crippen molar-refractivity contribution in [1.82, 2.24) is 10.2 Å². The van der Waals surface area contributed by atoms with Gasteiger partial charge in [-0.05, 0) is 45.1 Å². The molecule has 1 heterocycles. The van der Waals surface area contributed by atoms with Crippen molar-refractivity contribution >= 4 is 40.9 Å². The first-order chi connectivity index (χ1) is 12.9. The summed E-state index contributed by atoms with van der Waals surface area (Å²) < 4.78 is 0. The van der Waals surface area contributed by atoms with Crippen molar-refractivity contribution in [3.05, 3.63) is 23.2 Å². The number of amides is 2. The van der Waals surface area contributed by atoms with Crippen molar-refractivity contribution in [2.45, 2.75) is 60.6 Å². The van der Waals surface area contributed by atoms with Gasteiger partial charge in [-0.1, -0.05) is 37.3 Å². The second-order valence-corrected chi connectivity index (χ2v) is 9.43. The smallest absolute Gasteiger partial charge is 0.238 e. The summed E-state index contributed by atoms with van der Waals surface area (Å²) in [4.78, 5) is 28.1. The van der Waals surface area contributed by atoms with E-state index in [9.17, 15) is 9.59 Å². The Balaban J connectivity index is 1.58. The summed E-state index contributed by atoms with van der Waals surface area (Å²) >= 11 is 7.41. The van der Waals surface area contributed by atoms with Gasteiger partial charge in [-0.2, -0.15) is 0 Å². The first-order valence-corrected chi connectivity index (χ1v) is 10.9. The maximum atomic E-state index is 12.6. The normalized spacial score (nSPS) is 21.9. The lowest BCUT2D eigenvalue weighted by molar-refractivity contribution is -0.124.